The van der Waals surface area contributed by atoms with Crippen LogP contribution in [0.15, 0.2) is 54.6 Å². The molecule has 2 aromatic rings. The van der Waals surface area contributed by atoms with Gasteiger partial charge in [0, 0.05) is 27.1 Å². The molecule has 1 saturated heterocycles. The average molecular weight is 408 g/mol. The Morgan fingerprint density at radius 1 is 1.03 bits per heavy atom. The lowest BCUT2D eigenvalue weighted by molar-refractivity contribution is -0.142. The van der Waals surface area contributed by atoms with Gasteiger partial charge in [-0.25, -0.2) is 0 Å². The fourth-order valence-electron chi connectivity index (χ4n) is 4.49. The highest BCUT2D eigenvalue weighted by Crippen LogP contribution is 2.38. The summed E-state index contributed by atoms with van der Waals surface area (Å²) in [5, 5.41) is 0. The van der Waals surface area contributed by atoms with E-state index in [1.807, 2.05) is 66.5 Å². The van der Waals surface area contributed by atoms with Crippen molar-refractivity contribution in [1.29, 1.82) is 0 Å². The van der Waals surface area contributed by atoms with Gasteiger partial charge in [-0.3, -0.25) is 9.59 Å². The third-order valence-corrected chi connectivity index (χ3v) is 6.19. The van der Waals surface area contributed by atoms with Crippen LogP contribution in [0.25, 0.3) is 0 Å². The van der Waals surface area contributed by atoms with Crippen LogP contribution in [0.4, 0.5) is 0 Å². The number of piperidine rings is 1. The van der Waals surface area contributed by atoms with Crippen LogP contribution in [0.5, 0.6) is 11.5 Å². The van der Waals surface area contributed by atoms with Gasteiger partial charge in [-0.05, 0) is 30.5 Å². The molecule has 2 aliphatic rings. The van der Waals surface area contributed by atoms with E-state index in [1.54, 1.807) is 11.8 Å². The summed E-state index contributed by atoms with van der Waals surface area (Å²) < 4.78 is 11.9. The van der Waals surface area contributed by atoms with Gasteiger partial charge in [0.05, 0.1) is 12.0 Å². The van der Waals surface area contributed by atoms with Gasteiger partial charge in [0.15, 0.2) is 17.6 Å². The number of hydrogen-bond donors (Lipinski definition) is 0. The molecule has 1 fully saturated rings. The number of amides is 2. The summed E-state index contributed by atoms with van der Waals surface area (Å²) >= 11 is 0. The van der Waals surface area contributed by atoms with Crippen LogP contribution in [-0.4, -0.2) is 61.0 Å². The first-order valence-corrected chi connectivity index (χ1v) is 10.4. The summed E-state index contributed by atoms with van der Waals surface area (Å²) in [6.45, 7) is 3.60. The number of fused-ring (bicyclic) bond motifs is 1. The molecule has 30 heavy (non-hydrogen) atoms. The largest absolute Gasteiger partial charge is 0.486 e. The van der Waals surface area contributed by atoms with Gasteiger partial charge in [-0.1, -0.05) is 42.5 Å². The molecule has 0 saturated carbocycles. The fourth-order valence-corrected chi connectivity index (χ4v) is 4.49. The van der Waals surface area contributed by atoms with Crippen molar-refractivity contribution in [2.45, 2.75) is 31.3 Å². The maximum atomic E-state index is 13.7. The molecule has 0 radical (unpaired) electrons. The number of likely N-dealkylation sites (tertiary alicyclic amines) is 1. The Bertz CT molecular complexity index is 906. The molecule has 2 amide bonds. The minimum Gasteiger partial charge on any atom is -0.486 e. The summed E-state index contributed by atoms with van der Waals surface area (Å²) in [7, 11) is 1.83. The van der Waals surface area contributed by atoms with Crippen LogP contribution in [0.2, 0.25) is 0 Å². The molecule has 0 N–H and O–H groups in total. The summed E-state index contributed by atoms with van der Waals surface area (Å²) in [4.78, 5) is 29.1. The Morgan fingerprint density at radius 3 is 2.33 bits per heavy atom. The standard InChI is InChI=1S/C24H28N2O4/c1-18(27)26-14-12-24(13-15-26,19-8-4-3-5-9-19)23(28)25(2)16-20-17-29-21-10-6-7-11-22(21)30-20/h3-11,20H,12-17H2,1-2H3. The minimum atomic E-state index is -0.630. The molecule has 158 valence electrons. The van der Waals surface area contributed by atoms with Crippen LogP contribution in [-0.2, 0) is 15.0 Å². The number of hydrogen-bond acceptors (Lipinski definition) is 4. The average Bonchev–Trinajstić information content (AvgIpc) is 2.79. The number of rotatable bonds is 4. The second-order valence-electron chi connectivity index (χ2n) is 8.14. The van der Waals surface area contributed by atoms with Gasteiger partial charge in [-0.2, -0.15) is 0 Å². The maximum absolute atomic E-state index is 13.7. The predicted molar refractivity (Wildman–Crippen MR) is 114 cm³/mol. The summed E-state index contributed by atoms with van der Waals surface area (Å²) in [5.74, 6) is 1.57. The van der Waals surface area contributed by atoms with Gasteiger partial charge >= 0.3 is 0 Å². The van der Waals surface area contributed by atoms with Gasteiger partial charge in [-0.15, -0.1) is 0 Å². The zero-order valence-electron chi connectivity index (χ0n) is 17.5. The van der Waals surface area contributed by atoms with E-state index in [9.17, 15) is 9.59 Å². The number of likely N-dealkylation sites (N-methyl/N-ethyl adjacent to an activating group) is 1. The van der Waals surface area contributed by atoms with Crippen molar-refractivity contribution in [3.63, 3.8) is 0 Å². The normalized spacial score (nSPS) is 19.8. The summed E-state index contributed by atoms with van der Waals surface area (Å²) in [5.41, 5.74) is 0.381. The zero-order chi connectivity index (χ0) is 21.1. The molecular weight excluding hydrogens is 380 g/mol. The second kappa shape index (κ2) is 8.38. The van der Waals surface area contributed by atoms with E-state index in [2.05, 4.69) is 0 Å². The highest BCUT2D eigenvalue weighted by Gasteiger charge is 2.45. The lowest BCUT2D eigenvalue weighted by Crippen LogP contribution is -2.54. The fraction of sp³-hybridized carbons (Fsp3) is 0.417. The number of nitrogens with zero attached hydrogens (tertiary/aromatic N) is 2. The van der Waals surface area contributed by atoms with E-state index >= 15 is 0 Å². The van der Waals surface area contributed by atoms with E-state index < -0.39 is 5.41 Å². The van der Waals surface area contributed by atoms with Crippen molar-refractivity contribution >= 4 is 11.8 Å². The van der Waals surface area contributed by atoms with Crippen molar-refractivity contribution in [2.75, 3.05) is 33.3 Å². The molecule has 6 heteroatoms. The maximum Gasteiger partial charge on any atom is 0.233 e. The molecular formula is C24H28N2O4. The Balaban J connectivity index is 1.51. The molecule has 1 atom stereocenters. The predicted octanol–water partition coefficient (Wildman–Crippen LogP) is 2.87. The lowest BCUT2D eigenvalue weighted by Gasteiger charge is -2.43. The molecule has 0 spiro atoms. The number of carbonyl (C=O) groups excluding carboxylic acids is 2. The van der Waals surface area contributed by atoms with Crippen LogP contribution < -0.4 is 9.47 Å². The van der Waals surface area contributed by atoms with Gasteiger partial charge < -0.3 is 19.3 Å². The monoisotopic (exact) mass is 408 g/mol. The second-order valence-corrected chi connectivity index (χ2v) is 8.14. The number of carbonyl (C=O) groups is 2. The van der Waals surface area contributed by atoms with Crippen LogP contribution in [0, 0.1) is 0 Å². The topological polar surface area (TPSA) is 59.1 Å². The third-order valence-electron chi connectivity index (χ3n) is 6.19. The number of para-hydroxylation sites is 2. The number of ether oxygens (including phenoxy) is 2. The zero-order valence-corrected chi connectivity index (χ0v) is 17.5. The summed E-state index contributed by atoms with van der Waals surface area (Å²) in [6.07, 6.45) is 1.01. The first-order valence-electron chi connectivity index (χ1n) is 10.4. The van der Waals surface area contributed by atoms with E-state index in [0.29, 0.717) is 44.8 Å². The first-order chi connectivity index (χ1) is 14.5. The van der Waals surface area contributed by atoms with E-state index in [4.69, 9.17) is 9.47 Å². The summed E-state index contributed by atoms with van der Waals surface area (Å²) in [6, 6.07) is 17.5. The molecule has 1 unspecified atom stereocenters. The van der Waals surface area contributed by atoms with Crippen molar-refractivity contribution in [3.8, 4) is 11.5 Å². The Kier molecular flexibility index (Phi) is 5.66. The quantitative estimate of drug-likeness (QED) is 0.781. The molecule has 2 aliphatic heterocycles. The Labute approximate surface area is 177 Å². The smallest absolute Gasteiger partial charge is 0.233 e. The molecule has 4 rings (SSSR count). The van der Waals surface area contributed by atoms with Crippen LogP contribution in [0.3, 0.4) is 0 Å². The molecule has 0 aliphatic carbocycles. The van der Waals surface area contributed by atoms with Gasteiger partial charge in [0.25, 0.3) is 0 Å². The molecule has 0 bridgehead atoms. The van der Waals surface area contributed by atoms with Crippen molar-refractivity contribution in [1.82, 2.24) is 9.80 Å². The third kappa shape index (κ3) is 3.86. The van der Waals surface area contributed by atoms with Crippen molar-refractivity contribution in [3.05, 3.63) is 60.2 Å². The molecule has 6 nitrogen and oxygen atoms in total. The molecule has 0 aromatic heterocycles. The lowest BCUT2D eigenvalue weighted by atomic mass is 9.71. The highest BCUT2D eigenvalue weighted by molar-refractivity contribution is 5.88. The minimum absolute atomic E-state index is 0.0592. The van der Waals surface area contributed by atoms with Gasteiger partial charge in [0.1, 0.15) is 6.61 Å². The Morgan fingerprint density at radius 2 is 1.67 bits per heavy atom. The van der Waals surface area contributed by atoms with Crippen molar-refractivity contribution < 1.29 is 19.1 Å². The van der Waals surface area contributed by atoms with Gasteiger partial charge in [0.2, 0.25) is 11.8 Å². The molecule has 2 heterocycles. The SMILES string of the molecule is CC(=O)N1CCC(C(=O)N(C)CC2COc3ccccc3O2)(c2ccccc2)CC1. The number of benzene rings is 2. The van der Waals surface area contributed by atoms with Crippen molar-refractivity contribution in [2.24, 2.45) is 0 Å². The highest BCUT2D eigenvalue weighted by atomic mass is 16.6. The molecule has 2 aromatic carbocycles. The Hall–Kier alpha value is -3.02. The first kappa shape index (κ1) is 20.3. The van der Waals surface area contributed by atoms with E-state index in [-0.39, 0.29) is 17.9 Å². The van der Waals surface area contributed by atoms with Crippen LogP contribution in [0.1, 0.15) is 25.3 Å². The van der Waals surface area contributed by atoms with E-state index in [0.717, 1.165) is 11.3 Å². The van der Waals surface area contributed by atoms with E-state index in [1.165, 1.54) is 0 Å². The van der Waals surface area contributed by atoms with Crippen LogP contribution >= 0.6 is 0 Å².